The van der Waals surface area contributed by atoms with Gasteiger partial charge in [-0.3, -0.25) is 4.79 Å². The van der Waals surface area contributed by atoms with Crippen molar-refractivity contribution in [1.29, 1.82) is 0 Å². The highest BCUT2D eigenvalue weighted by Crippen LogP contribution is 2.40. The van der Waals surface area contributed by atoms with Gasteiger partial charge < -0.3 is 15.5 Å². The molecule has 1 fully saturated rings. The van der Waals surface area contributed by atoms with Gasteiger partial charge in [-0.1, -0.05) is 12.1 Å². The zero-order chi connectivity index (χ0) is 26.9. The summed E-state index contributed by atoms with van der Waals surface area (Å²) in [6, 6.07) is 8.25. The van der Waals surface area contributed by atoms with E-state index in [-0.39, 0.29) is 18.0 Å². The number of para-hydroxylation sites is 1. The lowest BCUT2D eigenvalue weighted by Gasteiger charge is -2.30. The van der Waals surface area contributed by atoms with Crippen molar-refractivity contribution in [2.24, 2.45) is 0 Å². The van der Waals surface area contributed by atoms with Gasteiger partial charge >= 0.3 is 0 Å². The predicted molar refractivity (Wildman–Crippen MR) is 162 cm³/mol. The molecular weight excluding hydrogens is 641 g/mol. The van der Waals surface area contributed by atoms with Crippen molar-refractivity contribution in [2.75, 3.05) is 30.6 Å². The number of rotatable bonds is 8. The molecule has 37 heavy (non-hydrogen) atoms. The van der Waals surface area contributed by atoms with Crippen LogP contribution in [0.2, 0.25) is 0 Å². The highest BCUT2D eigenvalue weighted by Gasteiger charge is 2.32. The van der Waals surface area contributed by atoms with E-state index in [1.807, 2.05) is 72.1 Å². The Morgan fingerprint density at radius 2 is 1.78 bits per heavy atom. The minimum absolute atomic E-state index is 0.0428. The third-order valence-electron chi connectivity index (χ3n) is 6.48. The fraction of sp³-hybridized carbons (Fsp3) is 0.480. The van der Waals surface area contributed by atoms with Crippen LogP contribution in [0.25, 0.3) is 10.9 Å². The quantitative estimate of drug-likeness (QED) is 0.242. The molecule has 200 valence electrons. The lowest BCUT2D eigenvalue weighted by atomic mass is 9.91. The molecule has 3 aromatic rings. The lowest BCUT2D eigenvalue weighted by Crippen LogP contribution is -2.40. The first-order valence-electron chi connectivity index (χ1n) is 12.1. The molecule has 0 spiro atoms. The summed E-state index contributed by atoms with van der Waals surface area (Å²) >= 11 is 4.65. The number of carbonyl (C=O) groups is 1. The molecule has 12 heteroatoms. The molecule has 1 amide bonds. The SMILES string of the molecule is CSc1sc(C(=O)NC2CCC(Nc3nc(N(C)C)c4ccccc4n3)CC2)c(I)c1S(=O)(=O)C(C)C. The summed E-state index contributed by atoms with van der Waals surface area (Å²) in [6.45, 7) is 3.34. The van der Waals surface area contributed by atoms with E-state index in [0.717, 1.165) is 42.4 Å². The maximum atomic E-state index is 13.2. The first kappa shape index (κ1) is 28.4. The maximum Gasteiger partial charge on any atom is 0.262 e. The number of hydrogen-bond acceptors (Lipinski definition) is 9. The summed E-state index contributed by atoms with van der Waals surface area (Å²) in [5.74, 6) is 1.30. The molecule has 0 bridgehead atoms. The average molecular weight is 674 g/mol. The van der Waals surface area contributed by atoms with Crippen molar-refractivity contribution in [2.45, 2.75) is 66.0 Å². The number of carbonyl (C=O) groups excluding carboxylic acids is 1. The van der Waals surface area contributed by atoms with E-state index < -0.39 is 15.1 Å². The molecule has 0 atom stereocenters. The fourth-order valence-electron chi connectivity index (χ4n) is 4.41. The molecule has 4 rings (SSSR count). The Bertz CT molecular complexity index is 1400. The molecule has 1 saturated carbocycles. The van der Waals surface area contributed by atoms with E-state index in [4.69, 9.17) is 9.97 Å². The highest BCUT2D eigenvalue weighted by atomic mass is 127. The zero-order valence-electron chi connectivity index (χ0n) is 21.5. The molecule has 8 nitrogen and oxygen atoms in total. The molecule has 2 aromatic heterocycles. The first-order valence-corrected chi connectivity index (χ1v) is 16.8. The third-order valence-corrected chi connectivity index (χ3v) is 13.1. The molecule has 2 N–H and O–H groups in total. The topological polar surface area (TPSA) is 104 Å². The number of hydrogen-bond donors (Lipinski definition) is 2. The Morgan fingerprint density at radius 1 is 1.14 bits per heavy atom. The Hall–Kier alpha value is -1.64. The Balaban J connectivity index is 1.42. The molecule has 2 heterocycles. The number of fused-ring (bicyclic) bond motifs is 1. The molecular formula is C25H32IN5O3S3. The standard InChI is InChI=1S/C25H32IN5O3S3/c1-14(2)37(33,34)21-19(26)20(36-24(21)35-5)23(32)27-15-10-12-16(13-11-15)28-25-29-18-9-7-6-8-17(18)22(30-25)31(3)4/h6-9,14-16H,10-13H2,1-5H3,(H,27,32)(H,28,29,30). The number of thioether (sulfide) groups is 1. The van der Waals surface area contributed by atoms with E-state index in [9.17, 15) is 13.2 Å². The van der Waals surface area contributed by atoms with Gasteiger partial charge in [-0.2, -0.15) is 4.98 Å². The van der Waals surface area contributed by atoms with Gasteiger partial charge in [0.25, 0.3) is 5.91 Å². The van der Waals surface area contributed by atoms with E-state index in [0.29, 0.717) is 23.5 Å². The van der Waals surface area contributed by atoms with Gasteiger partial charge in [-0.25, -0.2) is 13.4 Å². The van der Waals surface area contributed by atoms with Crippen LogP contribution in [-0.4, -0.2) is 62.0 Å². The largest absolute Gasteiger partial charge is 0.362 e. The second-order valence-corrected chi connectivity index (χ2v) is 15.2. The van der Waals surface area contributed by atoms with Gasteiger partial charge in [-0.05, 0) is 80.5 Å². The highest BCUT2D eigenvalue weighted by molar-refractivity contribution is 14.1. The molecule has 0 unspecified atom stereocenters. The van der Waals surface area contributed by atoms with Crippen LogP contribution in [0, 0.1) is 3.57 Å². The van der Waals surface area contributed by atoms with Crippen molar-refractivity contribution in [3.63, 3.8) is 0 Å². The first-order chi connectivity index (χ1) is 17.5. The number of sulfone groups is 1. The van der Waals surface area contributed by atoms with Crippen LogP contribution >= 0.6 is 45.7 Å². The second kappa shape index (κ2) is 11.6. The molecule has 1 aromatic carbocycles. The Labute approximate surface area is 240 Å². The van der Waals surface area contributed by atoms with Crippen LogP contribution in [0.1, 0.15) is 49.2 Å². The van der Waals surface area contributed by atoms with Gasteiger partial charge in [-0.15, -0.1) is 23.1 Å². The van der Waals surface area contributed by atoms with Crippen LogP contribution in [0.4, 0.5) is 11.8 Å². The van der Waals surface area contributed by atoms with Crippen LogP contribution in [0.3, 0.4) is 0 Å². The molecule has 0 radical (unpaired) electrons. The van der Waals surface area contributed by atoms with E-state index in [2.05, 4.69) is 10.6 Å². The summed E-state index contributed by atoms with van der Waals surface area (Å²) in [7, 11) is 0.477. The zero-order valence-corrected chi connectivity index (χ0v) is 26.1. The third kappa shape index (κ3) is 6.01. The summed E-state index contributed by atoms with van der Waals surface area (Å²) in [6.07, 6.45) is 5.25. The summed E-state index contributed by atoms with van der Waals surface area (Å²) < 4.78 is 27.0. The Kier molecular flexibility index (Phi) is 8.91. The maximum absolute atomic E-state index is 13.2. The predicted octanol–water partition coefficient (Wildman–Crippen LogP) is 5.42. The minimum Gasteiger partial charge on any atom is -0.362 e. The molecule has 1 aliphatic rings. The average Bonchev–Trinajstić information content (AvgIpc) is 3.21. The molecule has 0 saturated heterocycles. The van der Waals surface area contributed by atoms with Crippen LogP contribution in [-0.2, 0) is 9.84 Å². The number of thiophene rings is 1. The smallest absolute Gasteiger partial charge is 0.262 e. The number of benzene rings is 1. The number of amides is 1. The van der Waals surface area contributed by atoms with Crippen molar-refractivity contribution < 1.29 is 13.2 Å². The summed E-state index contributed by atoms with van der Waals surface area (Å²) in [5.41, 5.74) is 0.902. The van der Waals surface area contributed by atoms with Crippen LogP contribution in [0.15, 0.2) is 33.4 Å². The summed E-state index contributed by atoms with van der Waals surface area (Å²) in [5, 5.41) is 7.12. The van der Waals surface area contributed by atoms with Gasteiger partial charge in [0.15, 0.2) is 9.84 Å². The van der Waals surface area contributed by atoms with Crippen molar-refractivity contribution in [1.82, 2.24) is 15.3 Å². The van der Waals surface area contributed by atoms with Crippen molar-refractivity contribution in [3.05, 3.63) is 32.7 Å². The van der Waals surface area contributed by atoms with Gasteiger partial charge in [0.1, 0.15) is 15.6 Å². The Morgan fingerprint density at radius 3 is 2.41 bits per heavy atom. The van der Waals surface area contributed by atoms with E-state index in [1.165, 1.54) is 23.1 Å². The van der Waals surface area contributed by atoms with Crippen molar-refractivity contribution in [3.8, 4) is 0 Å². The normalized spacial score (nSPS) is 18.2. The number of halogens is 1. The second-order valence-electron chi connectivity index (χ2n) is 9.61. The van der Waals surface area contributed by atoms with E-state index in [1.54, 1.807) is 13.8 Å². The number of nitrogens with zero attached hydrogens (tertiary/aromatic N) is 3. The summed E-state index contributed by atoms with van der Waals surface area (Å²) in [4.78, 5) is 25.4. The van der Waals surface area contributed by atoms with E-state index >= 15 is 0 Å². The number of aromatic nitrogens is 2. The fourth-order valence-corrected chi connectivity index (χ4v) is 10.3. The molecule has 1 aliphatic carbocycles. The van der Waals surface area contributed by atoms with Gasteiger partial charge in [0.05, 0.1) is 18.5 Å². The van der Waals surface area contributed by atoms with Crippen LogP contribution in [0.5, 0.6) is 0 Å². The van der Waals surface area contributed by atoms with Gasteiger partial charge in [0, 0.05) is 31.6 Å². The lowest BCUT2D eigenvalue weighted by molar-refractivity contribution is 0.0929. The number of nitrogens with one attached hydrogen (secondary N) is 2. The monoisotopic (exact) mass is 673 g/mol. The molecule has 0 aliphatic heterocycles. The van der Waals surface area contributed by atoms with Gasteiger partial charge in [0.2, 0.25) is 5.95 Å². The number of anilines is 2. The van der Waals surface area contributed by atoms with Crippen molar-refractivity contribution >= 4 is 84.1 Å². The van der Waals surface area contributed by atoms with Crippen LogP contribution < -0.4 is 15.5 Å². The minimum atomic E-state index is -3.48.